The smallest absolute Gasteiger partial charge is 0.266 e. The van der Waals surface area contributed by atoms with Gasteiger partial charge in [0.1, 0.15) is 10.6 Å². The first-order valence-electron chi connectivity index (χ1n) is 5.54. The summed E-state index contributed by atoms with van der Waals surface area (Å²) in [5.74, 6) is 0.322. The lowest BCUT2D eigenvalue weighted by molar-refractivity contribution is 0.448. The van der Waals surface area contributed by atoms with Gasteiger partial charge in [0.15, 0.2) is 0 Å². The summed E-state index contributed by atoms with van der Waals surface area (Å²) in [7, 11) is 1.38. The summed E-state index contributed by atoms with van der Waals surface area (Å²) >= 11 is 0. The largest absolute Gasteiger partial charge is 0.438 e. The number of nitrogens with zero attached hydrogens (tertiary/aromatic N) is 2. The predicted molar refractivity (Wildman–Crippen MR) is 73.1 cm³/mol. The molecule has 0 unspecified atom stereocenters. The maximum absolute atomic E-state index is 11.4. The van der Waals surface area contributed by atoms with Crippen LogP contribution in [0.25, 0.3) is 0 Å². The number of halogens is 1. The summed E-state index contributed by atoms with van der Waals surface area (Å²) in [6.45, 7) is 0. The van der Waals surface area contributed by atoms with Crippen LogP contribution in [0, 0.1) is 11.3 Å². The third-order valence-electron chi connectivity index (χ3n) is 2.42. The van der Waals surface area contributed by atoms with Crippen molar-refractivity contribution in [1.29, 1.82) is 5.26 Å². The second-order valence-corrected chi connectivity index (χ2v) is 6.36. The average molecular weight is 309 g/mol. The highest BCUT2D eigenvalue weighted by molar-refractivity contribution is 8.13. The number of hydrogen-bond donors (Lipinski definition) is 0. The standard InChI is InChI=1S/C13H9ClN2O3S/c14-20(17,18)12-2-1-9-16-13(12)19-11-5-3-10(4-6-11)7-8-15/h1-6,9H,7H2. The molecule has 20 heavy (non-hydrogen) atoms. The van der Waals surface area contributed by atoms with Crippen molar-refractivity contribution >= 4 is 19.7 Å². The van der Waals surface area contributed by atoms with E-state index in [0.717, 1.165) is 5.56 Å². The minimum absolute atomic E-state index is 0.0875. The maximum Gasteiger partial charge on any atom is 0.266 e. The van der Waals surface area contributed by atoms with E-state index in [-0.39, 0.29) is 10.8 Å². The topological polar surface area (TPSA) is 80.0 Å². The monoisotopic (exact) mass is 308 g/mol. The molecule has 0 atom stereocenters. The van der Waals surface area contributed by atoms with Crippen LogP contribution in [0.3, 0.4) is 0 Å². The third kappa shape index (κ3) is 3.47. The first-order chi connectivity index (χ1) is 9.50. The van der Waals surface area contributed by atoms with Crippen LogP contribution in [-0.2, 0) is 15.5 Å². The van der Waals surface area contributed by atoms with E-state index in [4.69, 9.17) is 20.7 Å². The van der Waals surface area contributed by atoms with Gasteiger partial charge in [-0.2, -0.15) is 5.26 Å². The Kier molecular flexibility index (Phi) is 4.23. The number of nitriles is 1. The van der Waals surface area contributed by atoms with Crippen LogP contribution in [0.4, 0.5) is 0 Å². The highest BCUT2D eigenvalue weighted by Gasteiger charge is 2.18. The molecule has 2 rings (SSSR count). The van der Waals surface area contributed by atoms with Crippen molar-refractivity contribution in [1.82, 2.24) is 4.98 Å². The number of hydrogen-bond acceptors (Lipinski definition) is 5. The van der Waals surface area contributed by atoms with Gasteiger partial charge in [-0.1, -0.05) is 12.1 Å². The molecule has 5 nitrogen and oxygen atoms in total. The highest BCUT2D eigenvalue weighted by atomic mass is 35.7. The van der Waals surface area contributed by atoms with E-state index < -0.39 is 9.05 Å². The molecule has 7 heteroatoms. The van der Waals surface area contributed by atoms with Crippen LogP contribution in [0.1, 0.15) is 5.56 Å². The molecule has 0 radical (unpaired) electrons. The quantitative estimate of drug-likeness (QED) is 0.811. The zero-order valence-corrected chi connectivity index (χ0v) is 11.7. The van der Waals surface area contributed by atoms with Crippen LogP contribution in [0.5, 0.6) is 11.6 Å². The molecule has 1 aromatic carbocycles. The second kappa shape index (κ2) is 5.90. The first-order valence-corrected chi connectivity index (χ1v) is 7.85. The van der Waals surface area contributed by atoms with Gasteiger partial charge < -0.3 is 4.74 Å². The van der Waals surface area contributed by atoms with Crippen molar-refractivity contribution in [3.63, 3.8) is 0 Å². The normalized spacial score (nSPS) is 10.8. The van der Waals surface area contributed by atoms with E-state index >= 15 is 0 Å². The van der Waals surface area contributed by atoms with Gasteiger partial charge in [0, 0.05) is 16.9 Å². The van der Waals surface area contributed by atoms with Crippen LogP contribution in [-0.4, -0.2) is 13.4 Å². The van der Waals surface area contributed by atoms with Crippen molar-refractivity contribution in [2.24, 2.45) is 0 Å². The van der Waals surface area contributed by atoms with Crippen molar-refractivity contribution in [3.05, 3.63) is 48.2 Å². The molecule has 0 saturated carbocycles. The van der Waals surface area contributed by atoms with E-state index in [1.54, 1.807) is 24.3 Å². The molecule has 102 valence electrons. The Labute approximate surface area is 120 Å². The molecular formula is C13H9ClN2O3S. The Bertz CT molecular complexity index is 752. The van der Waals surface area contributed by atoms with Crippen molar-refractivity contribution in [2.75, 3.05) is 0 Å². The van der Waals surface area contributed by atoms with Gasteiger partial charge >= 0.3 is 0 Å². The first kappa shape index (κ1) is 14.3. The Balaban J connectivity index is 2.29. The van der Waals surface area contributed by atoms with E-state index in [1.165, 1.54) is 18.3 Å². The maximum atomic E-state index is 11.4. The number of aromatic nitrogens is 1. The van der Waals surface area contributed by atoms with Gasteiger partial charge in [-0.05, 0) is 29.8 Å². The molecule has 0 amide bonds. The molecule has 1 heterocycles. The Morgan fingerprint density at radius 2 is 1.95 bits per heavy atom. The predicted octanol–water partition coefficient (Wildman–Crippen LogP) is 2.87. The molecule has 0 bridgehead atoms. The summed E-state index contributed by atoms with van der Waals surface area (Å²) in [6, 6.07) is 11.5. The molecule has 0 fully saturated rings. The molecule has 1 aromatic heterocycles. The molecule has 0 aliphatic rings. The van der Waals surface area contributed by atoms with E-state index in [0.29, 0.717) is 12.2 Å². The Morgan fingerprint density at radius 1 is 1.25 bits per heavy atom. The van der Waals surface area contributed by atoms with Gasteiger partial charge in [0.25, 0.3) is 9.05 Å². The van der Waals surface area contributed by atoms with E-state index in [1.807, 2.05) is 6.07 Å². The summed E-state index contributed by atoms with van der Waals surface area (Å²) < 4.78 is 28.2. The van der Waals surface area contributed by atoms with Crippen molar-refractivity contribution in [2.45, 2.75) is 11.3 Å². The summed E-state index contributed by atoms with van der Waals surface area (Å²) in [4.78, 5) is 3.67. The summed E-state index contributed by atoms with van der Waals surface area (Å²) in [6.07, 6.45) is 1.70. The number of benzene rings is 1. The molecule has 0 spiro atoms. The molecule has 0 aliphatic carbocycles. The van der Waals surface area contributed by atoms with Crippen molar-refractivity contribution < 1.29 is 13.2 Å². The van der Waals surface area contributed by atoms with Gasteiger partial charge in [-0.15, -0.1) is 0 Å². The zero-order valence-electron chi connectivity index (χ0n) is 10.2. The fourth-order valence-electron chi connectivity index (χ4n) is 1.52. The van der Waals surface area contributed by atoms with Gasteiger partial charge in [0.2, 0.25) is 5.88 Å². The molecule has 2 aromatic rings. The van der Waals surface area contributed by atoms with Crippen LogP contribution in [0.2, 0.25) is 0 Å². The highest BCUT2D eigenvalue weighted by Crippen LogP contribution is 2.28. The lowest BCUT2D eigenvalue weighted by Crippen LogP contribution is -1.97. The Hall–Kier alpha value is -2.10. The lowest BCUT2D eigenvalue weighted by Gasteiger charge is -2.07. The summed E-state index contributed by atoms with van der Waals surface area (Å²) in [5, 5.41) is 8.58. The van der Waals surface area contributed by atoms with E-state index in [9.17, 15) is 8.42 Å². The molecule has 0 saturated heterocycles. The molecule has 0 N–H and O–H groups in total. The lowest BCUT2D eigenvalue weighted by atomic mass is 10.2. The van der Waals surface area contributed by atoms with Gasteiger partial charge in [-0.3, -0.25) is 0 Å². The van der Waals surface area contributed by atoms with Gasteiger partial charge in [0.05, 0.1) is 12.5 Å². The average Bonchev–Trinajstić information content (AvgIpc) is 2.41. The Morgan fingerprint density at radius 3 is 2.55 bits per heavy atom. The minimum atomic E-state index is -3.93. The van der Waals surface area contributed by atoms with Crippen LogP contribution >= 0.6 is 10.7 Å². The van der Waals surface area contributed by atoms with Crippen molar-refractivity contribution in [3.8, 4) is 17.7 Å². The van der Waals surface area contributed by atoms with Gasteiger partial charge in [-0.25, -0.2) is 13.4 Å². The number of rotatable bonds is 4. The number of pyridine rings is 1. The number of ether oxygens (including phenoxy) is 1. The van der Waals surface area contributed by atoms with Crippen LogP contribution in [0.15, 0.2) is 47.5 Å². The fraction of sp³-hybridized carbons (Fsp3) is 0.0769. The van der Waals surface area contributed by atoms with Crippen LogP contribution < -0.4 is 4.74 Å². The second-order valence-electron chi connectivity index (χ2n) is 3.83. The van der Waals surface area contributed by atoms with E-state index in [2.05, 4.69) is 4.98 Å². The molecular weight excluding hydrogens is 300 g/mol. The SMILES string of the molecule is N#CCc1ccc(Oc2ncccc2S(=O)(=O)Cl)cc1. The third-order valence-corrected chi connectivity index (χ3v) is 3.75. The zero-order chi connectivity index (χ0) is 14.6. The summed E-state index contributed by atoms with van der Waals surface area (Å²) in [5.41, 5.74) is 0.839. The minimum Gasteiger partial charge on any atom is -0.438 e. The fourth-order valence-corrected chi connectivity index (χ4v) is 2.41. The molecule has 0 aliphatic heterocycles.